The van der Waals surface area contributed by atoms with Gasteiger partial charge in [-0.3, -0.25) is 9.59 Å². The van der Waals surface area contributed by atoms with Crippen molar-refractivity contribution in [1.82, 2.24) is 15.4 Å². The number of amides is 2. The van der Waals surface area contributed by atoms with Gasteiger partial charge in [0.25, 0.3) is 5.91 Å². The van der Waals surface area contributed by atoms with Crippen molar-refractivity contribution in [3.05, 3.63) is 17.5 Å². The summed E-state index contributed by atoms with van der Waals surface area (Å²) in [5.41, 5.74) is 6.01. The smallest absolute Gasteiger partial charge is 0.273 e. The lowest BCUT2D eigenvalue weighted by Crippen LogP contribution is -2.49. The Balaban J connectivity index is 1.49. The zero-order chi connectivity index (χ0) is 17.3. The average molecular weight is 334 g/mol. The van der Waals surface area contributed by atoms with E-state index in [0.717, 1.165) is 31.4 Å². The van der Waals surface area contributed by atoms with Crippen molar-refractivity contribution in [2.24, 2.45) is 11.7 Å². The van der Waals surface area contributed by atoms with Gasteiger partial charge >= 0.3 is 0 Å². The second kappa shape index (κ2) is 6.93. The molecule has 24 heavy (non-hydrogen) atoms. The predicted molar refractivity (Wildman–Crippen MR) is 88.4 cm³/mol. The molecule has 1 aromatic rings. The Morgan fingerprint density at radius 3 is 2.54 bits per heavy atom. The summed E-state index contributed by atoms with van der Waals surface area (Å²) in [4.78, 5) is 26.0. The quantitative estimate of drug-likeness (QED) is 0.844. The van der Waals surface area contributed by atoms with Crippen LogP contribution in [-0.2, 0) is 4.79 Å². The standard InChI is InChI=1S/C17H26N4O3/c1-10(18)17(23)21-7-5-12(6-8-21)11(2)19-16(22)14-9-15(24-20-14)13-3-4-13/h9-13H,3-8,18H2,1-2H3,(H,19,22). The molecule has 1 saturated heterocycles. The van der Waals surface area contributed by atoms with Gasteiger partial charge in [-0.1, -0.05) is 5.16 Å². The highest BCUT2D eigenvalue weighted by Crippen LogP contribution is 2.40. The molecule has 0 spiro atoms. The van der Waals surface area contributed by atoms with Gasteiger partial charge in [-0.15, -0.1) is 0 Å². The first-order valence-electron chi connectivity index (χ1n) is 8.77. The van der Waals surface area contributed by atoms with E-state index in [1.165, 1.54) is 0 Å². The summed E-state index contributed by atoms with van der Waals surface area (Å²) in [7, 11) is 0. The normalized spacial score (nSPS) is 21.4. The minimum Gasteiger partial charge on any atom is -0.360 e. The molecule has 2 aliphatic rings. The molecule has 1 saturated carbocycles. The summed E-state index contributed by atoms with van der Waals surface area (Å²) in [6.07, 6.45) is 3.97. The predicted octanol–water partition coefficient (Wildman–Crippen LogP) is 1.26. The van der Waals surface area contributed by atoms with Crippen LogP contribution in [0.1, 0.15) is 61.7 Å². The van der Waals surface area contributed by atoms with Gasteiger partial charge in [0.15, 0.2) is 5.69 Å². The van der Waals surface area contributed by atoms with Crippen LogP contribution in [0.15, 0.2) is 10.6 Å². The molecule has 1 aliphatic heterocycles. The van der Waals surface area contributed by atoms with Crippen LogP contribution in [0.4, 0.5) is 0 Å². The monoisotopic (exact) mass is 334 g/mol. The van der Waals surface area contributed by atoms with Crippen LogP contribution < -0.4 is 11.1 Å². The van der Waals surface area contributed by atoms with Crippen LogP contribution >= 0.6 is 0 Å². The lowest BCUT2D eigenvalue weighted by atomic mass is 9.90. The van der Waals surface area contributed by atoms with Crippen molar-refractivity contribution >= 4 is 11.8 Å². The second-order valence-corrected chi connectivity index (χ2v) is 7.10. The molecule has 132 valence electrons. The molecule has 2 amide bonds. The fourth-order valence-electron chi connectivity index (χ4n) is 3.26. The molecule has 2 unspecified atom stereocenters. The Bertz CT molecular complexity index is 601. The van der Waals surface area contributed by atoms with Gasteiger partial charge in [0, 0.05) is 31.1 Å². The highest BCUT2D eigenvalue weighted by Gasteiger charge is 2.31. The Hall–Kier alpha value is -1.89. The van der Waals surface area contributed by atoms with Crippen LogP contribution in [0.5, 0.6) is 0 Å². The molecule has 0 bridgehead atoms. The largest absolute Gasteiger partial charge is 0.360 e. The Morgan fingerprint density at radius 1 is 1.29 bits per heavy atom. The van der Waals surface area contributed by atoms with Gasteiger partial charge in [-0.25, -0.2) is 0 Å². The number of aromatic nitrogens is 1. The van der Waals surface area contributed by atoms with Crippen LogP contribution in [0.2, 0.25) is 0 Å². The molecule has 1 aliphatic carbocycles. The summed E-state index contributed by atoms with van der Waals surface area (Å²) >= 11 is 0. The van der Waals surface area contributed by atoms with Gasteiger partial charge in [-0.05, 0) is 45.4 Å². The van der Waals surface area contributed by atoms with Gasteiger partial charge in [-0.2, -0.15) is 0 Å². The number of hydrogen-bond acceptors (Lipinski definition) is 5. The first-order chi connectivity index (χ1) is 11.5. The number of rotatable bonds is 5. The van der Waals surface area contributed by atoms with E-state index in [0.29, 0.717) is 30.6 Å². The highest BCUT2D eigenvalue weighted by atomic mass is 16.5. The van der Waals surface area contributed by atoms with Crippen LogP contribution in [0.3, 0.4) is 0 Å². The number of hydrogen-bond donors (Lipinski definition) is 2. The zero-order valence-corrected chi connectivity index (χ0v) is 14.3. The molecule has 7 heteroatoms. The molecule has 1 aromatic heterocycles. The maximum absolute atomic E-state index is 12.3. The lowest BCUT2D eigenvalue weighted by molar-refractivity contribution is -0.133. The number of nitrogens with two attached hydrogens (primary N) is 1. The van der Waals surface area contributed by atoms with E-state index in [1.54, 1.807) is 13.0 Å². The van der Waals surface area contributed by atoms with Crippen molar-refractivity contribution in [1.29, 1.82) is 0 Å². The van der Waals surface area contributed by atoms with E-state index < -0.39 is 6.04 Å². The number of nitrogens with one attached hydrogen (secondary N) is 1. The maximum Gasteiger partial charge on any atom is 0.273 e. The summed E-state index contributed by atoms with van der Waals surface area (Å²) < 4.78 is 5.23. The van der Waals surface area contributed by atoms with Gasteiger partial charge in [0.1, 0.15) is 5.76 Å². The minimum absolute atomic E-state index is 0.000316. The van der Waals surface area contributed by atoms with Crippen molar-refractivity contribution in [3.8, 4) is 0 Å². The third-order valence-electron chi connectivity index (χ3n) is 5.05. The fraction of sp³-hybridized carbons (Fsp3) is 0.706. The summed E-state index contributed by atoms with van der Waals surface area (Å²) in [5.74, 6) is 1.42. The van der Waals surface area contributed by atoms with Crippen LogP contribution in [-0.4, -0.2) is 47.0 Å². The van der Waals surface area contributed by atoms with E-state index >= 15 is 0 Å². The molecule has 0 aromatic carbocycles. The Labute approximate surface area is 141 Å². The van der Waals surface area contributed by atoms with E-state index in [2.05, 4.69) is 10.5 Å². The van der Waals surface area contributed by atoms with Gasteiger partial charge in [0.2, 0.25) is 5.91 Å². The Kier molecular flexibility index (Phi) is 4.89. The summed E-state index contributed by atoms with van der Waals surface area (Å²) in [6.45, 7) is 5.11. The van der Waals surface area contributed by atoms with Crippen molar-refractivity contribution < 1.29 is 14.1 Å². The Morgan fingerprint density at radius 2 is 1.96 bits per heavy atom. The number of nitrogens with zero attached hydrogens (tertiary/aromatic N) is 2. The van der Waals surface area contributed by atoms with Crippen molar-refractivity contribution in [2.45, 2.75) is 57.5 Å². The molecule has 2 heterocycles. The SMILES string of the molecule is CC(N)C(=O)N1CCC(C(C)NC(=O)c2cc(C3CC3)on2)CC1. The third-order valence-corrected chi connectivity index (χ3v) is 5.05. The van der Waals surface area contributed by atoms with Gasteiger partial charge < -0.3 is 20.5 Å². The molecule has 3 rings (SSSR count). The van der Waals surface area contributed by atoms with Crippen LogP contribution in [0.25, 0.3) is 0 Å². The third kappa shape index (κ3) is 3.77. The first-order valence-corrected chi connectivity index (χ1v) is 8.77. The number of carbonyl (C=O) groups excluding carboxylic acids is 2. The minimum atomic E-state index is -0.452. The number of likely N-dealkylation sites (tertiary alicyclic amines) is 1. The van der Waals surface area contributed by atoms with E-state index in [4.69, 9.17) is 10.3 Å². The zero-order valence-electron chi connectivity index (χ0n) is 14.3. The maximum atomic E-state index is 12.3. The second-order valence-electron chi connectivity index (χ2n) is 7.10. The highest BCUT2D eigenvalue weighted by molar-refractivity contribution is 5.92. The molecule has 3 N–H and O–H groups in total. The number of carbonyl (C=O) groups is 2. The van der Waals surface area contributed by atoms with E-state index in [-0.39, 0.29) is 17.9 Å². The molecular formula is C17H26N4O3. The molecule has 2 fully saturated rings. The van der Waals surface area contributed by atoms with Crippen LogP contribution in [0, 0.1) is 5.92 Å². The van der Waals surface area contributed by atoms with Crippen molar-refractivity contribution in [2.75, 3.05) is 13.1 Å². The lowest BCUT2D eigenvalue weighted by Gasteiger charge is -2.35. The summed E-state index contributed by atoms with van der Waals surface area (Å²) in [6, 6.07) is 1.33. The van der Waals surface area contributed by atoms with Crippen molar-refractivity contribution in [3.63, 3.8) is 0 Å². The fourth-order valence-corrected chi connectivity index (χ4v) is 3.26. The first kappa shape index (κ1) is 17.0. The summed E-state index contributed by atoms with van der Waals surface area (Å²) in [5, 5.41) is 6.89. The molecule has 2 atom stereocenters. The topological polar surface area (TPSA) is 101 Å². The van der Waals surface area contributed by atoms with Gasteiger partial charge in [0.05, 0.1) is 6.04 Å². The molecule has 0 radical (unpaired) electrons. The van der Waals surface area contributed by atoms with E-state index in [9.17, 15) is 9.59 Å². The number of piperidine rings is 1. The average Bonchev–Trinajstić information content (AvgIpc) is 3.31. The van der Waals surface area contributed by atoms with E-state index in [1.807, 2.05) is 11.8 Å². The molecular weight excluding hydrogens is 308 g/mol. The molecule has 7 nitrogen and oxygen atoms in total.